The van der Waals surface area contributed by atoms with Crippen LogP contribution in [-0.2, 0) is 0 Å². The van der Waals surface area contributed by atoms with Crippen LogP contribution in [0.2, 0.25) is 0 Å². The fourth-order valence-electron chi connectivity index (χ4n) is 7.09. The van der Waals surface area contributed by atoms with Gasteiger partial charge in [-0.3, -0.25) is 0 Å². The molecule has 0 aliphatic rings. The van der Waals surface area contributed by atoms with Crippen LogP contribution in [0.4, 0.5) is 0 Å². The van der Waals surface area contributed by atoms with E-state index in [1.165, 1.54) is 58.8 Å². The van der Waals surface area contributed by atoms with Gasteiger partial charge in [-0.2, -0.15) is 0 Å². The molecule has 0 saturated heterocycles. The lowest BCUT2D eigenvalue weighted by Gasteiger charge is -2.10. The minimum atomic E-state index is 0.704. The summed E-state index contributed by atoms with van der Waals surface area (Å²) in [5.74, 6) is 0.704. The molecule has 9 rings (SSSR count). The third-order valence-electron chi connectivity index (χ3n) is 9.56. The minimum absolute atomic E-state index is 0.704. The van der Waals surface area contributed by atoms with E-state index in [1.807, 2.05) is 48.6 Å². The Balaban J connectivity index is 1.18. The Labute approximate surface area is 300 Å². The van der Waals surface area contributed by atoms with Crippen LogP contribution < -0.4 is 0 Å². The summed E-state index contributed by atoms with van der Waals surface area (Å²) in [5, 5.41) is 4.95. The van der Waals surface area contributed by atoms with Gasteiger partial charge in [0, 0.05) is 47.8 Å². The van der Waals surface area contributed by atoms with Gasteiger partial charge < -0.3 is 4.57 Å². The van der Waals surface area contributed by atoms with Crippen molar-refractivity contribution in [2.45, 2.75) is 6.92 Å². The van der Waals surface area contributed by atoms with Crippen LogP contribution in [0.3, 0.4) is 0 Å². The zero-order chi connectivity index (χ0) is 34.3. The van der Waals surface area contributed by atoms with E-state index in [0.29, 0.717) is 5.82 Å². The summed E-state index contributed by atoms with van der Waals surface area (Å²) in [6.07, 6.45) is 7.85. The molecule has 0 N–H and O–H groups in total. The van der Waals surface area contributed by atoms with Gasteiger partial charge in [0.15, 0.2) is 5.82 Å². The SMILES string of the molecule is C=C/C=C\C(=C/C)c1cc(-c2ccccc2)nc(-c2ccc3sc4ccc(-c5ccc6c(c5)c5ccccc5n6-c5ccccc5)cc4c3c2)n1. The first-order valence-corrected chi connectivity index (χ1v) is 18.0. The van der Waals surface area contributed by atoms with Crippen molar-refractivity contribution in [3.63, 3.8) is 0 Å². The van der Waals surface area contributed by atoms with Gasteiger partial charge in [0.2, 0.25) is 0 Å². The number of fused-ring (bicyclic) bond motifs is 6. The Morgan fingerprint density at radius 3 is 1.96 bits per heavy atom. The van der Waals surface area contributed by atoms with Crippen molar-refractivity contribution < 1.29 is 0 Å². The quantitative estimate of drug-likeness (QED) is 0.158. The van der Waals surface area contributed by atoms with Gasteiger partial charge >= 0.3 is 0 Å². The predicted octanol–water partition coefficient (Wildman–Crippen LogP) is 13.1. The smallest absolute Gasteiger partial charge is 0.160 e. The Hall–Kier alpha value is -6.36. The van der Waals surface area contributed by atoms with Gasteiger partial charge in [-0.15, -0.1) is 11.3 Å². The molecule has 0 saturated carbocycles. The molecule has 3 nitrogen and oxygen atoms in total. The third kappa shape index (κ3) is 5.47. The molecule has 9 aromatic rings. The number of hydrogen-bond donors (Lipinski definition) is 0. The summed E-state index contributed by atoms with van der Waals surface area (Å²) in [6, 6.07) is 52.1. The van der Waals surface area contributed by atoms with Gasteiger partial charge in [0.1, 0.15) is 0 Å². The molecule has 3 heterocycles. The minimum Gasteiger partial charge on any atom is -0.309 e. The number of rotatable bonds is 7. The standard InChI is InChI=1S/C47H33N3S/c1-3-5-14-31(4-2)41-30-42(32-15-8-6-9-16-32)49-47(48-41)35-23-26-46-40(29-35)39-28-34(22-25-45(39)51-46)33-21-24-44-38(27-33)37-19-12-13-20-43(37)50(44)36-17-10-7-11-18-36/h3-30H,1H2,2H3/b14-5-,31-4+. The molecule has 0 aliphatic carbocycles. The molecular weight excluding hydrogens is 639 g/mol. The van der Waals surface area contributed by atoms with Gasteiger partial charge in [-0.05, 0) is 90.4 Å². The first kappa shape index (κ1) is 30.7. The average Bonchev–Trinajstić information content (AvgIpc) is 3.73. The van der Waals surface area contributed by atoms with E-state index in [2.05, 4.69) is 145 Å². The van der Waals surface area contributed by atoms with Gasteiger partial charge in [-0.25, -0.2) is 9.97 Å². The zero-order valence-corrected chi connectivity index (χ0v) is 28.9. The molecule has 0 bridgehead atoms. The van der Waals surface area contributed by atoms with Crippen molar-refractivity contribution in [2.75, 3.05) is 0 Å². The van der Waals surface area contributed by atoms with Gasteiger partial charge in [-0.1, -0.05) is 110 Å². The maximum absolute atomic E-state index is 5.10. The number of nitrogens with zero attached hydrogens (tertiary/aromatic N) is 3. The van der Waals surface area contributed by atoms with E-state index in [1.54, 1.807) is 6.08 Å². The molecule has 4 heteroatoms. The van der Waals surface area contributed by atoms with Crippen LogP contribution in [0.1, 0.15) is 12.6 Å². The van der Waals surface area contributed by atoms with Crippen LogP contribution in [0.25, 0.3) is 87.0 Å². The van der Waals surface area contributed by atoms with Gasteiger partial charge in [0.25, 0.3) is 0 Å². The van der Waals surface area contributed by atoms with Crippen molar-refractivity contribution in [2.24, 2.45) is 0 Å². The number of aromatic nitrogens is 3. The van der Waals surface area contributed by atoms with Crippen molar-refractivity contribution in [3.8, 4) is 39.5 Å². The zero-order valence-electron chi connectivity index (χ0n) is 28.1. The number of para-hydroxylation sites is 2. The lowest BCUT2D eigenvalue weighted by molar-refractivity contribution is 1.16. The lowest BCUT2D eigenvalue weighted by atomic mass is 10.00. The Kier molecular flexibility index (Phi) is 7.72. The van der Waals surface area contributed by atoms with Crippen LogP contribution in [-0.4, -0.2) is 14.5 Å². The fourth-order valence-corrected chi connectivity index (χ4v) is 8.15. The molecule has 3 aromatic heterocycles. The number of benzene rings is 6. The van der Waals surface area contributed by atoms with E-state index in [0.717, 1.165) is 28.1 Å². The van der Waals surface area contributed by atoms with E-state index in [-0.39, 0.29) is 0 Å². The summed E-state index contributed by atoms with van der Waals surface area (Å²) >= 11 is 1.82. The van der Waals surface area contributed by atoms with Crippen molar-refractivity contribution in [3.05, 3.63) is 182 Å². The highest BCUT2D eigenvalue weighted by Crippen LogP contribution is 2.40. The van der Waals surface area contributed by atoms with E-state index in [9.17, 15) is 0 Å². The summed E-state index contributed by atoms with van der Waals surface area (Å²) < 4.78 is 4.87. The molecule has 0 fully saturated rings. The first-order chi connectivity index (χ1) is 25.2. The first-order valence-electron chi connectivity index (χ1n) is 17.1. The average molecular weight is 672 g/mol. The van der Waals surface area contributed by atoms with Crippen molar-refractivity contribution >= 4 is 58.9 Å². The summed E-state index contributed by atoms with van der Waals surface area (Å²) in [7, 11) is 0. The molecule has 0 unspecified atom stereocenters. The topological polar surface area (TPSA) is 30.7 Å². The maximum atomic E-state index is 5.10. The Morgan fingerprint density at radius 2 is 1.22 bits per heavy atom. The molecule has 51 heavy (non-hydrogen) atoms. The highest BCUT2D eigenvalue weighted by Gasteiger charge is 2.16. The monoisotopic (exact) mass is 671 g/mol. The highest BCUT2D eigenvalue weighted by atomic mass is 32.1. The molecule has 0 amide bonds. The van der Waals surface area contributed by atoms with Crippen molar-refractivity contribution in [1.29, 1.82) is 0 Å². The Morgan fingerprint density at radius 1 is 0.588 bits per heavy atom. The normalized spacial score (nSPS) is 12.1. The van der Waals surface area contributed by atoms with E-state index >= 15 is 0 Å². The molecule has 0 spiro atoms. The lowest BCUT2D eigenvalue weighted by Crippen LogP contribution is -1.97. The second-order valence-electron chi connectivity index (χ2n) is 12.6. The largest absolute Gasteiger partial charge is 0.309 e. The summed E-state index contributed by atoms with van der Waals surface area (Å²) in [6.45, 7) is 5.89. The highest BCUT2D eigenvalue weighted by molar-refractivity contribution is 7.25. The number of thiophene rings is 1. The fraction of sp³-hybridized carbons (Fsp3) is 0.0213. The summed E-state index contributed by atoms with van der Waals surface area (Å²) in [5.41, 5.74) is 10.8. The van der Waals surface area contributed by atoms with E-state index in [4.69, 9.17) is 9.97 Å². The second kappa shape index (κ2) is 12.8. The van der Waals surface area contributed by atoms with Crippen LogP contribution >= 0.6 is 11.3 Å². The molecule has 0 aliphatic heterocycles. The Bertz CT molecular complexity index is 2820. The molecule has 0 radical (unpaired) electrons. The van der Waals surface area contributed by atoms with E-state index < -0.39 is 0 Å². The molecular formula is C47H33N3S. The number of allylic oxidation sites excluding steroid dienone is 5. The van der Waals surface area contributed by atoms with Crippen LogP contribution in [0, 0.1) is 0 Å². The molecule has 242 valence electrons. The molecule has 6 aromatic carbocycles. The molecule has 0 atom stereocenters. The maximum Gasteiger partial charge on any atom is 0.160 e. The van der Waals surface area contributed by atoms with Crippen LogP contribution in [0.5, 0.6) is 0 Å². The second-order valence-corrected chi connectivity index (χ2v) is 13.7. The number of hydrogen-bond acceptors (Lipinski definition) is 3. The predicted molar refractivity (Wildman–Crippen MR) is 219 cm³/mol. The van der Waals surface area contributed by atoms with Crippen molar-refractivity contribution in [1.82, 2.24) is 14.5 Å². The van der Waals surface area contributed by atoms with Crippen LogP contribution in [0.15, 0.2) is 176 Å². The van der Waals surface area contributed by atoms with Gasteiger partial charge in [0.05, 0.1) is 22.4 Å². The summed E-state index contributed by atoms with van der Waals surface area (Å²) in [4.78, 5) is 10.2. The third-order valence-corrected chi connectivity index (χ3v) is 10.7.